The topological polar surface area (TPSA) is 46.5 Å². The lowest BCUT2D eigenvalue weighted by molar-refractivity contribution is -0.140. The Hall–Kier alpha value is -1.29. The first-order valence-corrected chi connectivity index (χ1v) is 6.76. The SMILES string of the molecule is O=C(O)C1(c2cc(F)cc(Cl)c2OCC2CC2)CC1. The number of hydrogen-bond acceptors (Lipinski definition) is 2. The van der Waals surface area contributed by atoms with E-state index in [1.807, 2.05) is 0 Å². The summed E-state index contributed by atoms with van der Waals surface area (Å²) in [6.45, 7) is 0.522. The lowest BCUT2D eigenvalue weighted by Gasteiger charge is -2.18. The molecule has 2 aliphatic carbocycles. The van der Waals surface area contributed by atoms with Crippen LogP contribution in [0.25, 0.3) is 0 Å². The molecule has 0 saturated heterocycles. The molecule has 0 atom stereocenters. The van der Waals surface area contributed by atoms with E-state index in [1.54, 1.807) is 0 Å². The van der Waals surface area contributed by atoms with Crippen molar-refractivity contribution in [2.75, 3.05) is 6.61 Å². The number of halogens is 2. The molecule has 1 N–H and O–H groups in total. The van der Waals surface area contributed by atoms with Crippen LogP contribution in [0.2, 0.25) is 5.02 Å². The Bertz CT molecular complexity index is 536. The van der Waals surface area contributed by atoms with Gasteiger partial charge in [-0.25, -0.2) is 4.39 Å². The van der Waals surface area contributed by atoms with Gasteiger partial charge in [0.25, 0.3) is 0 Å². The molecule has 5 heteroatoms. The lowest BCUT2D eigenvalue weighted by Crippen LogP contribution is -2.21. The first-order chi connectivity index (χ1) is 9.03. The molecule has 2 aliphatic rings. The molecule has 1 aromatic rings. The Balaban J connectivity index is 1.98. The van der Waals surface area contributed by atoms with Gasteiger partial charge in [0.1, 0.15) is 11.6 Å². The van der Waals surface area contributed by atoms with Crippen molar-refractivity contribution in [1.82, 2.24) is 0 Å². The van der Waals surface area contributed by atoms with Crippen molar-refractivity contribution in [2.45, 2.75) is 31.1 Å². The molecule has 102 valence electrons. The summed E-state index contributed by atoms with van der Waals surface area (Å²) < 4.78 is 19.2. The van der Waals surface area contributed by atoms with E-state index in [0.29, 0.717) is 36.7 Å². The van der Waals surface area contributed by atoms with Crippen LogP contribution < -0.4 is 4.74 Å². The van der Waals surface area contributed by atoms with E-state index < -0.39 is 17.2 Å². The number of aliphatic carboxylic acids is 1. The van der Waals surface area contributed by atoms with E-state index >= 15 is 0 Å². The first-order valence-electron chi connectivity index (χ1n) is 6.39. The van der Waals surface area contributed by atoms with Crippen molar-refractivity contribution in [3.05, 3.63) is 28.5 Å². The molecular formula is C14H14ClFO3. The molecule has 0 aromatic heterocycles. The Morgan fingerprint density at radius 3 is 2.68 bits per heavy atom. The molecule has 19 heavy (non-hydrogen) atoms. The second kappa shape index (κ2) is 4.37. The normalized spacial score (nSPS) is 20.1. The van der Waals surface area contributed by atoms with E-state index in [2.05, 4.69) is 0 Å². The van der Waals surface area contributed by atoms with E-state index in [1.165, 1.54) is 12.1 Å². The third-order valence-electron chi connectivity index (χ3n) is 3.84. The maximum absolute atomic E-state index is 13.5. The zero-order valence-corrected chi connectivity index (χ0v) is 11.0. The number of ether oxygens (including phenoxy) is 1. The molecule has 0 aliphatic heterocycles. The predicted octanol–water partition coefficient (Wildman–Crippen LogP) is 3.38. The summed E-state index contributed by atoms with van der Waals surface area (Å²) in [5.74, 6) is -0.597. The molecule has 0 amide bonds. The maximum atomic E-state index is 13.5. The highest BCUT2D eigenvalue weighted by Crippen LogP contribution is 2.53. The molecule has 3 nitrogen and oxygen atoms in total. The van der Waals surface area contributed by atoms with Crippen molar-refractivity contribution in [1.29, 1.82) is 0 Å². The largest absolute Gasteiger partial charge is 0.491 e. The standard InChI is InChI=1S/C14H14ClFO3/c15-11-6-9(16)5-10(14(3-4-14)13(17)18)12(11)19-7-8-1-2-8/h5-6,8H,1-4,7H2,(H,17,18). The quantitative estimate of drug-likeness (QED) is 0.901. The molecule has 0 radical (unpaired) electrons. The van der Waals surface area contributed by atoms with Crippen LogP contribution in [0.15, 0.2) is 12.1 Å². The predicted molar refractivity (Wildman–Crippen MR) is 68.2 cm³/mol. The molecule has 2 saturated carbocycles. The molecule has 0 unspecified atom stereocenters. The number of carboxylic acids is 1. The average molecular weight is 285 g/mol. The molecule has 0 spiro atoms. The van der Waals surface area contributed by atoms with Gasteiger partial charge in [0.2, 0.25) is 0 Å². The van der Waals surface area contributed by atoms with Crippen molar-refractivity contribution >= 4 is 17.6 Å². The van der Waals surface area contributed by atoms with Gasteiger partial charge in [-0.05, 0) is 43.7 Å². The van der Waals surface area contributed by atoms with Crippen molar-refractivity contribution in [3.63, 3.8) is 0 Å². The second-order valence-electron chi connectivity index (χ2n) is 5.41. The summed E-state index contributed by atoms with van der Waals surface area (Å²) in [7, 11) is 0. The second-order valence-corrected chi connectivity index (χ2v) is 5.81. The summed E-state index contributed by atoms with van der Waals surface area (Å²) in [4.78, 5) is 11.4. The van der Waals surface area contributed by atoms with E-state index in [0.717, 1.165) is 12.8 Å². The van der Waals surface area contributed by atoms with Crippen LogP contribution in [-0.2, 0) is 10.2 Å². The number of rotatable bonds is 5. The van der Waals surface area contributed by atoms with Crippen molar-refractivity contribution < 1.29 is 19.0 Å². The van der Waals surface area contributed by atoms with Gasteiger partial charge in [-0.15, -0.1) is 0 Å². The fraction of sp³-hybridized carbons (Fsp3) is 0.500. The molecule has 0 bridgehead atoms. The number of carbonyl (C=O) groups is 1. The van der Waals surface area contributed by atoms with E-state index in [9.17, 15) is 14.3 Å². The maximum Gasteiger partial charge on any atom is 0.314 e. The highest BCUT2D eigenvalue weighted by Gasteiger charge is 2.54. The summed E-state index contributed by atoms with van der Waals surface area (Å²) in [6, 6.07) is 2.42. The third-order valence-corrected chi connectivity index (χ3v) is 4.12. The van der Waals surface area contributed by atoms with Gasteiger partial charge in [-0.3, -0.25) is 4.79 Å². The molecule has 1 aromatic carbocycles. The summed E-state index contributed by atoms with van der Waals surface area (Å²) in [5.41, 5.74) is -0.629. The van der Waals surface area contributed by atoms with Crippen LogP contribution in [0.3, 0.4) is 0 Å². The summed E-state index contributed by atoms with van der Waals surface area (Å²) >= 11 is 6.02. The van der Waals surface area contributed by atoms with Gasteiger partial charge in [0, 0.05) is 5.56 Å². The zero-order valence-electron chi connectivity index (χ0n) is 10.3. The van der Waals surface area contributed by atoms with Crippen LogP contribution in [0.5, 0.6) is 5.75 Å². The molecule has 0 heterocycles. The van der Waals surface area contributed by atoms with E-state index in [-0.39, 0.29) is 5.02 Å². The zero-order chi connectivity index (χ0) is 13.6. The number of hydrogen-bond donors (Lipinski definition) is 1. The number of benzene rings is 1. The monoisotopic (exact) mass is 284 g/mol. The van der Waals surface area contributed by atoms with Crippen LogP contribution in [0, 0.1) is 11.7 Å². The Labute approximate surface area is 115 Å². The number of carboxylic acid groups (broad SMARTS) is 1. The highest BCUT2D eigenvalue weighted by atomic mass is 35.5. The van der Waals surface area contributed by atoms with Crippen molar-refractivity contribution in [2.24, 2.45) is 5.92 Å². The minimum Gasteiger partial charge on any atom is -0.491 e. The van der Waals surface area contributed by atoms with Crippen molar-refractivity contribution in [3.8, 4) is 5.75 Å². The Morgan fingerprint density at radius 1 is 1.47 bits per heavy atom. The van der Waals surface area contributed by atoms with Gasteiger partial charge in [0.05, 0.1) is 17.0 Å². The lowest BCUT2D eigenvalue weighted by atomic mass is 9.95. The van der Waals surface area contributed by atoms with Gasteiger partial charge < -0.3 is 9.84 Å². The highest BCUT2D eigenvalue weighted by molar-refractivity contribution is 6.32. The Kier molecular flexibility index (Phi) is 2.93. The smallest absolute Gasteiger partial charge is 0.314 e. The fourth-order valence-electron chi connectivity index (χ4n) is 2.27. The summed E-state index contributed by atoms with van der Waals surface area (Å²) in [6.07, 6.45) is 3.25. The third kappa shape index (κ3) is 2.29. The molecule has 3 rings (SSSR count). The van der Waals surface area contributed by atoms with Gasteiger partial charge in [0.15, 0.2) is 0 Å². The van der Waals surface area contributed by atoms with Gasteiger partial charge in [-0.1, -0.05) is 11.6 Å². The van der Waals surface area contributed by atoms with Gasteiger partial charge >= 0.3 is 5.97 Å². The molecule has 2 fully saturated rings. The minimum absolute atomic E-state index is 0.156. The molecular weight excluding hydrogens is 271 g/mol. The van der Waals surface area contributed by atoms with Crippen LogP contribution in [0.4, 0.5) is 4.39 Å². The van der Waals surface area contributed by atoms with Crippen LogP contribution >= 0.6 is 11.6 Å². The first kappa shape index (κ1) is 12.7. The van der Waals surface area contributed by atoms with Gasteiger partial charge in [-0.2, -0.15) is 0 Å². The summed E-state index contributed by atoms with van der Waals surface area (Å²) in [5, 5.41) is 9.49. The minimum atomic E-state index is -1.01. The van der Waals surface area contributed by atoms with Crippen LogP contribution in [-0.4, -0.2) is 17.7 Å². The Morgan fingerprint density at radius 2 is 2.16 bits per heavy atom. The average Bonchev–Trinajstić information content (AvgIpc) is 3.22. The van der Waals surface area contributed by atoms with Crippen LogP contribution in [0.1, 0.15) is 31.2 Å². The van der Waals surface area contributed by atoms with E-state index in [4.69, 9.17) is 16.3 Å². The fourth-order valence-corrected chi connectivity index (χ4v) is 2.53.